The highest BCUT2D eigenvalue weighted by Crippen LogP contribution is 2.09. The smallest absolute Gasteiger partial charge is 0.248 e. The average Bonchev–Trinajstić information content (AvgIpc) is 2.47. The van der Waals surface area contributed by atoms with Gasteiger partial charge in [-0.3, -0.25) is 9.59 Å². The van der Waals surface area contributed by atoms with E-state index >= 15 is 0 Å². The van der Waals surface area contributed by atoms with Crippen LogP contribution in [0, 0.1) is 11.3 Å². The van der Waals surface area contributed by atoms with E-state index in [1.165, 1.54) is 0 Å². The molecule has 1 saturated heterocycles. The fourth-order valence-electron chi connectivity index (χ4n) is 1.87. The van der Waals surface area contributed by atoms with Crippen LogP contribution in [0.25, 0.3) is 0 Å². The molecule has 1 fully saturated rings. The van der Waals surface area contributed by atoms with Crippen molar-refractivity contribution in [3.05, 3.63) is 29.8 Å². The molecule has 20 heavy (non-hydrogen) atoms. The summed E-state index contributed by atoms with van der Waals surface area (Å²) in [5.74, 6) is -0.239. The van der Waals surface area contributed by atoms with Gasteiger partial charge in [-0.1, -0.05) is 0 Å². The first-order chi connectivity index (χ1) is 9.69. The number of anilines is 1. The summed E-state index contributed by atoms with van der Waals surface area (Å²) in [6.45, 7) is 1.54. The van der Waals surface area contributed by atoms with Gasteiger partial charge in [0.15, 0.2) is 0 Å². The summed E-state index contributed by atoms with van der Waals surface area (Å²) >= 11 is 0. The van der Waals surface area contributed by atoms with E-state index < -0.39 is 0 Å². The zero-order chi connectivity index (χ0) is 14.4. The number of ether oxygens (including phenoxy) is 1. The fourth-order valence-corrected chi connectivity index (χ4v) is 1.87. The molecule has 0 unspecified atom stereocenters. The van der Waals surface area contributed by atoms with Crippen molar-refractivity contribution in [2.75, 3.05) is 31.6 Å². The maximum atomic E-state index is 11.8. The molecule has 0 aromatic heterocycles. The van der Waals surface area contributed by atoms with Crippen molar-refractivity contribution in [2.45, 2.75) is 6.42 Å². The van der Waals surface area contributed by atoms with Crippen LogP contribution < -0.4 is 5.32 Å². The quantitative estimate of drug-likeness (QED) is 0.877. The van der Waals surface area contributed by atoms with Gasteiger partial charge in [0, 0.05) is 25.2 Å². The molecule has 2 amide bonds. The van der Waals surface area contributed by atoms with Gasteiger partial charge in [-0.05, 0) is 24.3 Å². The van der Waals surface area contributed by atoms with Crippen LogP contribution in [0.2, 0.25) is 0 Å². The minimum absolute atomic E-state index is 0.0811. The largest absolute Gasteiger partial charge is 0.370 e. The van der Waals surface area contributed by atoms with Crippen molar-refractivity contribution < 1.29 is 14.3 Å². The summed E-state index contributed by atoms with van der Waals surface area (Å²) in [6, 6.07) is 8.65. The van der Waals surface area contributed by atoms with Crippen molar-refractivity contribution in [3.63, 3.8) is 0 Å². The Balaban J connectivity index is 1.80. The highest BCUT2D eigenvalue weighted by molar-refractivity contribution is 5.91. The molecule has 0 bridgehead atoms. The van der Waals surface area contributed by atoms with Crippen LogP contribution in [-0.2, 0) is 14.3 Å². The lowest BCUT2D eigenvalue weighted by Crippen LogP contribution is -2.42. The topological polar surface area (TPSA) is 82.4 Å². The van der Waals surface area contributed by atoms with Crippen LogP contribution >= 0.6 is 0 Å². The number of morpholine rings is 1. The number of hydrogen-bond acceptors (Lipinski definition) is 4. The molecule has 6 heteroatoms. The number of rotatable bonds is 4. The number of nitrogens with zero attached hydrogens (tertiary/aromatic N) is 2. The van der Waals surface area contributed by atoms with Crippen LogP contribution in [-0.4, -0.2) is 43.0 Å². The Labute approximate surface area is 116 Å². The molecule has 1 aromatic carbocycles. The number of nitriles is 1. The summed E-state index contributed by atoms with van der Waals surface area (Å²) in [6.07, 6.45) is 0.242. The number of amides is 2. The van der Waals surface area contributed by atoms with E-state index in [-0.39, 0.29) is 24.8 Å². The van der Waals surface area contributed by atoms with E-state index in [1.54, 1.807) is 29.2 Å². The van der Waals surface area contributed by atoms with Crippen LogP contribution in [0.15, 0.2) is 24.3 Å². The predicted octanol–water partition coefficient (Wildman–Crippen LogP) is 0.746. The van der Waals surface area contributed by atoms with E-state index in [0.29, 0.717) is 30.9 Å². The minimum Gasteiger partial charge on any atom is -0.370 e. The summed E-state index contributed by atoms with van der Waals surface area (Å²) in [5, 5.41) is 11.4. The van der Waals surface area contributed by atoms with Gasteiger partial charge >= 0.3 is 0 Å². The Bertz CT molecular complexity index is 534. The van der Waals surface area contributed by atoms with Gasteiger partial charge in [-0.2, -0.15) is 5.26 Å². The highest BCUT2D eigenvalue weighted by Gasteiger charge is 2.18. The number of hydrogen-bond donors (Lipinski definition) is 1. The van der Waals surface area contributed by atoms with Crippen LogP contribution in [0.5, 0.6) is 0 Å². The van der Waals surface area contributed by atoms with Gasteiger partial charge in [-0.25, -0.2) is 0 Å². The number of benzene rings is 1. The SMILES string of the molecule is N#Cc1ccc(NC(=O)CCN2CCOCC2=O)cc1. The minimum atomic E-state index is -0.158. The van der Waals surface area contributed by atoms with Crippen molar-refractivity contribution in [1.29, 1.82) is 5.26 Å². The van der Waals surface area contributed by atoms with E-state index in [4.69, 9.17) is 10.00 Å². The lowest BCUT2D eigenvalue weighted by molar-refractivity contribution is -0.142. The van der Waals surface area contributed by atoms with E-state index in [0.717, 1.165) is 0 Å². The molecule has 0 saturated carbocycles. The van der Waals surface area contributed by atoms with E-state index in [1.807, 2.05) is 6.07 Å². The lowest BCUT2D eigenvalue weighted by atomic mass is 10.2. The molecule has 1 aliphatic heterocycles. The normalized spacial score (nSPS) is 14.8. The summed E-state index contributed by atoms with van der Waals surface area (Å²) in [5.41, 5.74) is 1.18. The fraction of sp³-hybridized carbons (Fsp3) is 0.357. The molecule has 104 valence electrons. The third kappa shape index (κ3) is 3.80. The molecule has 1 aliphatic rings. The van der Waals surface area contributed by atoms with Gasteiger partial charge in [0.1, 0.15) is 6.61 Å². The standard InChI is InChI=1S/C14H15N3O3/c15-9-11-1-3-12(4-2-11)16-13(18)5-6-17-7-8-20-10-14(17)19/h1-4H,5-8,10H2,(H,16,18). The third-order valence-electron chi connectivity index (χ3n) is 2.99. The average molecular weight is 273 g/mol. The second kappa shape index (κ2) is 6.68. The number of carbonyl (C=O) groups excluding carboxylic acids is 2. The molecule has 0 aliphatic carbocycles. The molecular formula is C14H15N3O3. The Morgan fingerprint density at radius 2 is 2.15 bits per heavy atom. The van der Waals surface area contributed by atoms with Crippen molar-refractivity contribution >= 4 is 17.5 Å². The molecule has 0 radical (unpaired) electrons. The predicted molar refractivity (Wildman–Crippen MR) is 71.8 cm³/mol. The highest BCUT2D eigenvalue weighted by atomic mass is 16.5. The van der Waals surface area contributed by atoms with Crippen LogP contribution in [0.3, 0.4) is 0 Å². The van der Waals surface area contributed by atoms with Gasteiger partial charge in [0.25, 0.3) is 0 Å². The van der Waals surface area contributed by atoms with Crippen molar-refractivity contribution in [3.8, 4) is 6.07 Å². The number of nitrogens with one attached hydrogen (secondary N) is 1. The lowest BCUT2D eigenvalue weighted by Gasteiger charge is -2.26. The maximum absolute atomic E-state index is 11.8. The van der Waals surface area contributed by atoms with E-state index in [9.17, 15) is 9.59 Å². The summed E-state index contributed by atoms with van der Waals surface area (Å²) in [7, 11) is 0. The first-order valence-electron chi connectivity index (χ1n) is 6.34. The van der Waals surface area contributed by atoms with Gasteiger partial charge < -0.3 is 15.0 Å². The Morgan fingerprint density at radius 3 is 2.80 bits per heavy atom. The second-order valence-corrected chi connectivity index (χ2v) is 4.42. The zero-order valence-electron chi connectivity index (χ0n) is 11.0. The molecule has 1 N–H and O–H groups in total. The molecule has 0 atom stereocenters. The molecule has 6 nitrogen and oxygen atoms in total. The molecular weight excluding hydrogens is 258 g/mol. The Morgan fingerprint density at radius 1 is 1.40 bits per heavy atom. The first-order valence-corrected chi connectivity index (χ1v) is 6.34. The molecule has 1 aromatic rings. The van der Waals surface area contributed by atoms with Gasteiger partial charge in [-0.15, -0.1) is 0 Å². The molecule has 1 heterocycles. The Hall–Kier alpha value is -2.39. The molecule has 2 rings (SSSR count). The summed E-state index contributed by atoms with van der Waals surface area (Å²) < 4.78 is 5.02. The Kier molecular flexibility index (Phi) is 4.69. The van der Waals surface area contributed by atoms with Crippen LogP contribution in [0.4, 0.5) is 5.69 Å². The number of carbonyl (C=O) groups is 2. The monoisotopic (exact) mass is 273 g/mol. The van der Waals surface area contributed by atoms with Crippen molar-refractivity contribution in [2.24, 2.45) is 0 Å². The molecule has 0 spiro atoms. The summed E-state index contributed by atoms with van der Waals surface area (Å²) in [4.78, 5) is 24.9. The first kappa shape index (κ1) is 14.0. The van der Waals surface area contributed by atoms with Crippen molar-refractivity contribution in [1.82, 2.24) is 4.90 Å². The third-order valence-corrected chi connectivity index (χ3v) is 2.99. The van der Waals surface area contributed by atoms with Gasteiger partial charge in [0.05, 0.1) is 18.2 Å². The van der Waals surface area contributed by atoms with Gasteiger partial charge in [0.2, 0.25) is 11.8 Å². The van der Waals surface area contributed by atoms with E-state index in [2.05, 4.69) is 5.32 Å². The second-order valence-electron chi connectivity index (χ2n) is 4.42. The van der Waals surface area contributed by atoms with Crippen LogP contribution in [0.1, 0.15) is 12.0 Å². The zero-order valence-corrected chi connectivity index (χ0v) is 11.0. The maximum Gasteiger partial charge on any atom is 0.248 e.